The van der Waals surface area contributed by atoms with Crippen molar-refractivity contribution in [2.24, 2.45) is 0 Å². The number of hydrogen-bond acceptors (Lipinski definition) is 3. The van der Waals surface area contributed by atoms with Gasteiger partial charge >= 0.3 is 0 Å². The molecule has 4 nitrogen and oxygen atoms in total. The molecule has 9 aromatic rings. The topological polar surface area (TPSA) is 43.6 Å². The van der Waals surface area contributed by atoms with E-state index in [0.29, 0.717) is 34.2 Å². The Bertz CT molecular complexity index is 2780. The van der Waals surface area contributed by atoms with E-state index in [-0.39, 0.29) is 0 Å². The van der Waals surface area contributed by atoms with Gasteiger partial charge in [-0.15, -0.1) is 0 Å². The number of aryl methyl sites for hydroxylation is 3. The zero-order chi connectivity index (χ0) is 36.9. The van der Waals surface area contributed by atoms with Gasteiger partial charge in [0.05, 0.1) is 16.7 Å². The fourth-order valence-electron chi connectivity index (χ4n) is 7.76. The highest BCUT2D eigenvalue weighted by molar-refractivity contribution is 6.11. The zero-order valence-corrected chi connectivity index (χ0v) is 30.0. The van der Waals surface area contributed by atoms with Gasteiger partial charge in [0.1, 0.15) is 11.6 Å². The molecule has 0 aliphatic heterocycles. The van der Waals surface area contributed by atoms with E-state index in [1.807, 2.05) is 84.9 Å². The second kappa shape index (κ2) is 13.3. The van der Waals surface area contributed by atoms with Crippen LogP contribution in [0.4, 0.5) is 8.78 Å². The van der Waals surface area contributed by atoms with Gasteiger partial charge in [-0.2, -0.15) is 0 Å². The molecule has 7 aromatic carbocycles. The zero-order valence-electron chi connectivity index (χ0n) is 30.0. The predicted octanol–water partition coefficient (Wildman–Crippen LogP) is 12.5. The maximum Gasteiger partial charge on any atom is 0.166 e. The van der Waals surface area contributed by atoms with E-state index in [1.165, 1.54) is 34.4 Å². The van der Waals surface area contributed by atoms with Gasteiger partial charge in [-0.3, -0.25) is 0 Å². The van der Waals surface area contributed by atoms with Crippen molar-refractivity contribution < 1.29 is 8.78 Å². The summed E-state index contributed by atoms with van der Waals surface area (Å²) in [5.74, 6) is 0.170. The molecule has 0 saturated carbocycles. The summed E-state index contributed by atoms with van der Waals surface area (Å²) in [5.41, 5.74) is 12.2. The first-order valence-corrected chi connectivity index (χ1v) is 17.9. The molecule has 0 aliphatic rings. The summed E-state index contributed by atoms with van der Waals surface area (Å²) in [6.07, 6.45) is 0. The van der Waals surface area contributed by atoms with E-state index in [1.54, 1.807) is 0 Å². The third kappa shape index (κ3) is 5.92. The molecule has 6 heteroatoms. The molecule has 0 amide bonds. The van der Waals surface area contributed by atoms with E-state index in [0.717, 1.165) is 50.2 Å². The van der Waals surface area contributed by atoms with Crippen molar-refractivity contribution in [2.45, 2.75) is 20.8 Å². The second-order valence-electron chi connectivity index (χ2n) is 13.8. The van der Waals surface area contributed by atoms with Crippen LogP contribution < -0.4 is 0 Å². The van der Waals surface area contributed by atoms with Crippen molar-refractivity contribution >= 4 is 21.8 Å². The first-order chi connectivity index (χ1) is 26.3. The van der Waals surface area contributed by atoms with E-state index in [2.05, 4.69) is 73.9 Å². The highest BCUT2D eigenvalue weighted by atomic mass is 19.1. The Morgan fingerprint density at radius 2 is 0.981 bits per heavy atom. The lowest BCUT2D eigenvalue weighted by molar-refractivity contribution is 0.584. The first-order valence-electron chi connectivity index (χ1n) is 17.9. The minimum Gasteiger partial charge on any atom is -0.308 e. The number of halogens is 2. The van der Waals surface area contributed by atoms with E-state index >= 15 is 0 Å². The Kier molecular flexibility index (Phi) is 8.16. The van der Waals surface area contributed by atoms with Crippen LogP contribution in [0, 0.1) is 32.4 Å². The summed E-state index contributed by atoms with van der Waals surface area (Å²) >= 11 is 0. The molecule has 0 radical (unpaired) electrons. The van der Waals surface area contributed by atoms with Crippen molar-refractivity contribution in [3.8, 4) is 62.1 Å². The number of nitrogens with zero attached hydrogens (tertiary/aromatic N) is 4. The molecule has 54 heavy (non-hydrogen) atoms. The van der Waals surface area contributed by atoms with Crippen LogP contribution in [0.3, 0.4) is 0 Å². The average Bonchev–Trinajstić information content (AvgIpc) is 3.51. The molecule has 2 aromatic heterocycles. The number of aromatic nitrogens is 4. The van der Waals surface area contributed by atoms with E-state index in [4.69, 9.17) is 15.0 Å². The van der Waals surface area contributed by atoms with Crippen LogP contribution in [-0.4, -0.2) is 19.5 Å². The molecule has 260 valence electrons. The maximum absolute atomic E-state index is 14.6. The van der Waals surface area contributed by atoms with Crippen molar-refractivity contribution in [3.05, 3.63) is 180 Å². The SMILES string of the molecule is Cc1cc(C)c(-c2ccc3c4ccccc4n(-c4ccc(-c5cc(F)cc(F)c5)cc4-c4nc(-c5ccccc5)nc(-c5ccccc5)n4)c3c2)c(C)c1. The largest absolute Gasteiger partial charge is 0.308 e. The van der Waals surface area contributed by atoms with Gasteiger partial charge in [-0.05, 0) is 90.6 Å². The van der Waals surface area contributed by atoms with Crippen LogP contribution in [0.15, 0.2) is 152 Å². The third-order valence-electron chi connectivity index (χ3n) is 10.0. The van der Waals surface area contributed by atoms with Crippen LogP contribution in [0.5, 0.6) is 0 Å². The fourth-order valence-corrected chi connectivity index (χ4v) is 7.76. The molecule has 0 unspecified atom stereocenters. The van der Waals surface area contributed by atoms with Crippen LogP contribution in [0.2, 0.25) is 0 Å². The van der Waals surface area contributed by atoms with Gasteiger partial charge in [0, 0.05) is 33.5 Å². The lowest BCUT2D eigenvalue weighted by Crippen LogP contribution is -2.04. The fraction of sp³-hybridized carbons (Fsp3) is 0.0625. The molecule has 0 saturated heterocycles. The molecule has 0 N–H and O–H groups in total. The lowest BCUT2D eigenvalue weighted by atomic mass is 9.93. The minimum atomic E-state index is -0.648. The van der Waals surface area contributed by atoms with Gasteiger partial charge in [-0.1, -0.05) is 115 Å². The molecule has 0 fully saturated rings. The average molecular weight is 705 g/mol. The molecule has 9 rings (SSSR count). The van der Waals surface area contributed by atoms with Gasteiger partial charge in [0.15, 0.2) is 17.5 Å². The summed E-state index contributed by atoms with van der Waals surface area (Å²) in [4.78, 5) is 15.2. The molecule has 0 spiro atoms. The third-order valence-corrected chi connectivity index (χ3v) is 10.0. The number of benzene rings is 7. The number of fused-ring (bicyclic) bond motifs is 3. The first kappa shape index (κ1) is 33.1. The van der Waals surface area contributed by atoms with Crippen LogP contribution in [0.25, 0.3) is 83.9 Å². The molecule has 0 bridgehead atoms. The number of rotatable bonds is 6. The Labute approximate surface area is 312 Å². The van der Waals surface area contributed by atoms with Gasteiger partial charge in [-0.25, -0.2) is 23.7 Å². The second-order valence-corrected chi connectivity index (χ2v) is 13.8. The van der Waals surface area contributed by atoms with Gasteiger partial charge in [0.25, 0.3) is 0 Å². The smallest absolute Gasteiger partial charge is 0.166 e. The summed E-state index contributed by atoms with van der Waals surface area (Å²) in [7, 11) is 0. The van der Waals surface area contributed by atoms with Crippen LogP contribution >= 0.6 is 0 Å². The Balaban J connectivity index is 1.37. The van der Waals surface area contributed by atoms with E-state index in [9.17, 15) is 8.78 Å². The highest BCUT2D eigenvalue weighted by Gasteiger charge is 2.21. The normalized spacial score (nSPS) is 11.4. The molecule has 2 heterocycles. The molecule has 0 aliphatic carbocycles. The van der Waals surface area contributed by atoms with Gasteiger partial charge < -0.3 is 4.57 Å². The molecule has 0 atom stereocenters. The minimum absolute atomic E-state index is 0.413. The Morgan fingerprint density at radius 1 is 0.426 bits per heavy atom. The number of hydrogen-bond donors (Lipinski definition) is 0. The summed E-state index contributed by atoms with van der Waals surface area (Å²) in [5, 5.41) is 2.20. The van der Waals surface area contributed by atoms with Crippen molar-refractivity contribution in [1.82, 2.24) is 19.5 Å². The highest BCUT2D eigenvalue weighted by Crippen LogP contribution is 2.40. The monoisotopic (exact) mass is 704 g/mol. The quantitative estimate of drug-likeness (QED) is 0.173. The van der Waals surface area contributed by atoms with Crippen molar-refractivity contribution in [2.75, 3.05) is 0 Å². The maximum atomic E-state index is 14.6. The Hall–Kier alpha value is -6.79. The predicted molar refractivity (Wildman–Crippen MR) is 215 cm³/mol. The number of para-hydroxylation sites is 1. The summed E-state index contributed by atoms with van der Waals surface area (Å²) < 4.78 is 31.6. The molecular weight excluding hydrogens is 671 g/mol. The van der Waals surface area contributed by atoms with E-state index < -0.39 is 11.6 Å². The van der Waals surface area contributed by atoms with Gasteiger partial charge in [0.2, 0.25) is 0 Å². The summed E-state index contributed by atoms with van der Waals surface area (Å²) in [6, 6.07) is 48.6. The summed E-state index contributed by atoms with van der Waals surface area (Å²) in [6.45, 7) is 6.45. The standard InChI is InChI=1S/C48H34F2N4/c1-29-22-30(2)45(31(3)23-29)35-18-20-40-39-16-10-11-17-42(39)54(44(40)27-35)43-21-19-34(36-24-37(49)28-38(50)25-36)26-41(43)48-52-46(32-12-6-4-7-13-32)51-47(53-48)33-14-8-5-9-15-33/h4-28H,1-3H3. The van der Waals surface area contributed by atoms with Crippen molar-refractivity contribution in [3.63, 3.8) is 0 Å². The van der Waals surface area contributed by atoms with Crippen LogP contribution in [-0.2, 0) is 0 Å². The van der Waals surface area contributed by atoms with Crippen molar-refractivity contribution in [1.29, 1.82) is 0 Å². The molecular formula is C48H34F2N4. The Morgan fingerprint density at radius 3 is 1.63 bits per heavy atom. The van der Waals surface area contributed by atoms with Crippen LogP contribution in [0.1, 0.15) is 16.7 Å². The lowest BCUT2D eigenvalue weighted by Gasteiger charge is -2.17.